The van der Waals surface area contributed by atoms with Crippen LogP contribution < -0.4 is 0 Å². The molecule has 0 spiro atoms. The summed E-state index contributed by atoms with van der Waals surface area (Å²) in [5.41, 5.74) is 0. The third kappa shape index (κ3) is 15.5. The first kappa shape index (κ1) is 16.5. The Kier molecular flexibility index (Phi) is 11.6. The molecule has 0 radical (unpaired) electrons. The van der Waals surface area contributed by atoms with Crippen LogP contribution in [-0.4, -0.2) is 37.1 Å². The van der Waals surface area contributed by atoms with E-state index in [1.807, 2.05) is 0 Å². The van der Waals surface area contributed by atoms with Crippen LogP contribution in [0.5, 0.6) is 0 Å². The molecule has 0 heterocycles. The zero-order chi connectivity index (χ0) is 12.9. The van der Waals surface area contributed by atoms with Gasteiger partial charge in [0.05, 0.1) is 0 Å². The molecule has 0 amide bonds. The number of unbranched alkanes of at least 4 members (excludes halogenated alkanes) is 4. The van der Waals surface area contributed by atoms with E-state index >= 15 is 0 Å². The van der Waals surface area contributed by atoms with Crippen LogP contribution in [0.15, 0.2) is 0 Å². The van der Waals surface area contributed by atoms with Gasteiger partial charge in [0.15, 0.2) is 0 Å². The summed E-state index contributed by atoms with van der Waals surface area (Å²) in [6.45, 7) is 0. The van der Waals surface area contributed by atoms with E-state index in [1.165, 1.54) is 10.6 Å². The van der Waals surface area contributed by atoms with Crippen molar-refractivity contribution in [2.45, 2.75) is 62.0 Å². The number of carbonyl (C=O) groups is 2. The molecule has 0 aromatic carbocycles. The molecule has 0 aliphatic carbocycles. The predicted molar refractivity (Wildman–Crippen MR) is 67.6 cm³/mol. The number of carboxylic acids is 2. The molecule has 0 aliphatic rings. The van der Waals surface area contributed by atoms with Crippen molar-refractivity contribution >= 4 is 26.9 Å². The van der Waals surface area contributed by atoms with E-state index in [4.69, 9.17) is 10.2 Å². The second-order valence-electron chi connectivity index (χ2n) is 4.02. The maximum atomic E-state index is 10.2. The van der Waals surface area contributed by atoms with Crippen molar-refractivity contribution in [3.8, 4) is 0 Å². The molecular weight excluding hydrogens is 287 g/mol. The van der Waals surface area contributed by atoms with Crippen LogP contribution in [0.1, 0.15) is 51.4 Å². The summed E-state index contributed by atoms with van der Waals surface area (Å²) >= 11 is 0.659. The third-order valence-electron chi connectivity index (χ3n) is 2.36. The zero-order valence-corrected chi connectivity index (χ0v) is 11.9. The van der Waals surface area contributed by atoms with E-state index in [2.05, 4.69) is 0 Å². The van der Waals surface area contributed by atoms with Gasteiger partial charge in [-0.05, 0) is 0 Å². The first-order chi connectivity index (χ1) is 8.13. The van der Waals surface area contributed by atoms with Crippen molar-refractivity contribution in [3.05, 3.63) is 0 Å². The van der Waals surface area contributed by atoms with Gasteiger partial charge in [0.1, 0.15) is 0 Å². The predicted octanol–water partition coefficient (Wildman–Crippen LogP) is 2.82. The Morgan fingerprint density at radius 2 is 1.12 bits per heavy atom. The maximum absolute atomic E-state index is 10.2. The number of aliphatic carboxylic acids is 2. The molecule has 0 aliphatic heterocycles. The molecule has 0 fully saturated rings. The van der Waals surface area contributed by atoms with Gasteiger partial charge in [-0.2, -0.15) is 0 Å². The average molecular weight is 309 g/mol. The van der Waals surface area contributed by atoms with Crippen LogP contribution in [0.25, 0.3) is 0 Å². The van der Waals surface area contributed by atoms with Crippen LogP contribution in [0.4, 0.5) is 0 Å². The first-order valence-electron chi connectivity index (χ1n) is 6.14. The SMILES string of the molecule is O=C(O)CCCCC[Se]CCCCCC(=O)O. The number of carboxylic acid groups (broad SMARTS) is 2. The minimum atomic E-state index is -0.700. The summed E-state index contributed by atoms with van der Waals surface area (Å²) in [7, 11) is 0. The quantitative estimate of drug-likeness (QED) is 0.429. The van der Waals surface area contributed by atoms with Crippen molar-refractivity contribution in [1.29, 1.82) is 0 Å². The van der Waals surface area contributed by atoms with Crippen LogP contribution in [0, 0.1) is 0 Å². The summed E-state index contributed by atoms with van der Waals surface area (Å²) in [4.78, 5) is 20.5. The van der Waals surface area contributed by atoms with E-state index in [0.717, 1.165) is 38.5 Å². The summed E-state index contributed by atoms with van der Waals surface area (Å²) < 4.78 is 0. The summed E-state index contributed by atoms with van der Waals surface area (Å²) in [6.07, 6.45) is 6.50. The molecule has 100 valence electrons. The Morgan fingerprint density at radius 3 is 1.47 bits per heavy atom. The van der Waals surface area contributed by atoms with Crippen molar-refractivity contribution in [1.82, 2.24) is 0 Å². The number of hydrogen-bond acceptors (Lipinski definition) is 2. The Hall–Kier alpha value is -0.541. The molecule has 0 rings (SSSR count). The molecule has 0 saturated carbocycles. The van der Waals surface area contributed by atoms with E-state index in [1.54, 1.807) is 0 Å². The van der Waals surface area contributed by atoms with Gasteiger partial charge in [0.2, 0.25) is 0 Å². The van der Waals surface area contributed by atoms with Gasteiger partial charge < -0.3 is 0 Å². The summed E-state index contributed by atoms with van der Waals surface area (Å²) in [5, 5.41) is 19.3. The molecule has 2 N–H and O–H groups in total. The Bertz CT molecular complexity index is 197. The van der Waals surface area contributed by atoms with Gasteiger partial charge in [0.25, 0.3) is 0 Å². The van der Waals surface area contributed by atoms with E-state index in [0.29, 0.717) is 27.8 Å². The van der Waals surface area contributed by atoms with Gasteiger partial charge in [-0.1, -0.05) is 0 Å². The van der Waals surface area contributed by atoms with E-state index in [9.17, 15) is 9.59 Å². The topological polar surface area (TPSA) is 74.6 Å². The van der Waals surface area contributed by atoms with Crippen molar-refractivity contribution in [2.24, 2.45) is 0 Å². The fraction of sp³-hybridized carbons (Fsp3) is 0.833. The summed E-state index contributed by atoms with van der Waals surface area (Å²) in [5.74, 6) is -1.40. The third-order valence-corrected chi connectivity index (χ3v) is 4.78. The van der Waals surface area contributed by atoms with Gasteiger partial charge >= 0.3 is 109 Å². The molecular formula is C12H22O4Se. The molecule has 0 unspecified atom stereocenters. The number of hydrogen-bond donors (Lipinski definition) is 2. The normalized spacial score (nSPS) is 10.4. The Morgan fingerprint density at radius 1 is 0.706 bits per heavy atom. The summed E-state index contributed by atoms with van der Waals surface area (Å²) in [6, 6.07) is 0. The second-order valence-corrected chi connectivity index (χ2v) is 6.59. The van der Waals surface area contributed by atoms with Gasteiger partial charge in [0, 0.05) is 0 Å². The van der Waals surface area contributed by atoms with E-state index in [-0.39, 0.29) is 0 Å². The molecule has 0 aromatic rings. The molecule has 4 nitrogen and oxygen atoms in total. The van der Waals surface area contributed by atoms with Gasteiger partial charge in [-0.25, -0.2) is 0 Å². The Balaban J connectivity index is 2.98. The fourth-order valence-corrected chi connectivity index (χ4v) is 3.56. The minimum absolute atomic E-state index is 0.294. The zero-order valence-electron chi connectivity index (χ0n) is 10.2. The van der Waals surface area contributed by atoms with Crippen LogP contribution in [0.2, 0.25) is 10.6 Å². The van der Waals surface area contributed by atoms with Crippen LogP contribution >= 0.6 is 0 Å². The van der Waals surface area contributed by atoms with Crippen molar-refractivity contribution < 1.29 is 19.8 Å². The molecule has 17 heavy (non-hydrogen) atoms. The van der Waals surface area contributed by atoms with Crippen molar-refractivity contribution in [3.63, 3.8) is 0 Å². The number of rotatable bonds is 12. The van der Waals surface area contributed by atoms with E-state index < -0.39 is 11.9 Å². The molecule has 0 aromatic heterocycles. The standard InChI is InChI=1S/C12H22O4Se/c13-11(14)7-3-1-5-9-17-10-6-2-4-8-12(15)16/h1-10H2,(H,13,14)(H,15,16). The second kappa shape index (κ2) is 11.9. The van der Waals surface area contributed by atoms with Crippen molar-refractivity contribution in [2.75, 3.05) is 0 Å². The van der Waals surface area contributed by atoms with Gasteiger partial charge in [-0.3, -0.25) is 0 Å². The Labute approximate surface area is 109 Å². The monoisotopic (exact) mass is 310 g/mol. The molecule has 0 atom stereocenters. The average Bonchev–Trinajstić information content (AvgIpc) is 2.25. The first-order valence-corrected chi connectivity index (χ1v) is 8.56. The van der Waals surface area contributed by atoms with Crippen LogP contribution in [0.3, 0.4) is 0 Å². The van der Waals surface area contributed by atoms with Gasteiger partial charge in [-0.15, -0.1) is 0 Å². The molecule has 5 heteroatoms. The van der Waals surface area contributed by atoms with Crippen LogP contribution in [-0.2, 0) is 9.59 Å². The fourth-order valence-electron chi connectivity index (χ4n) is 1.42. The molecule has 0 saturated heterocycles. The molecule has 0 bridgehead atoms.